The summed E-state index contributed by atoms with van der Waals surface area (Å²) in [5, 5.41) is 19.6. The zero-order valence-corrected chi connectivity index (χ0v) is 10.5. The number of H-pyrrole nitrogens is 1. The molecule has 2 aromatic rings. The van der Waals surface area contributed by atoms with Crippen LogP contribution in [0.4, 0.5) is 0 Å². The van der Waals surface area contributed by atoms with Gasteiger partial charge < -0.3 is 10.4 Å². The van der Waals surface area contributed by atoms with Gasteiger partial charge in [-0.1, -0.05) is 17.7 Å². The second kappa shape index (κ2) is 6.16. The predicted molar refractivity (Wildman–Crippen MR) is 69.3 cm³/mol. The van der Waals surface area contributed by atoms with Crippen molar-refractivity contribution in [2.75, 3.05) is 6.54 Å². The first kappa shape index (κ1) is 12.6. The van der Waals surface area contributed by atoms with Crippen LogP contribution in [-0.2, 0) is 13.0 Å². The standard InChI is InChI=1S/C13H18N4O/c1-10-4-5-12(18)11(7-10)8-14-6-2-3-13-15-9-16-17-13/h4-5,7,9,14,18H,2-3,6,8H2,1H3,(H,15,16,17). The van der Waals surface area contributed by atoms with Crippen molar-refractivity contribution in [1.29, 1.82) is 0 Å². The Morgan fingerprint density at radius 2 is 2.28 bits per heavy atom. The monoisotopic (exact) mass is 246 g/mol. The van der Waals surface area contributed by atoms with Gasteiger partial charge in [-0.05, 0) is 26.0 Å². The van der Waals surface area contributed by atoms with Gasteiger partial charge in [0.15, 0.2) is 0 Å². The maximum atomic E-state index is 9.68. The van der Waals surface area contributed by atoms with Gasteiger partial charge in [0.25, 0.3) is 0 Å². The van der Waals surface area contributed by atoms with Gasteiger partial charge in [0.2, 0.25) is 0 Å². The summed E-state index contributed by atoms with van der Waals surface area (Å²) in [6, 6.07) is 5.64. The topological polar surface area (TPSA) is 73.8 Å². The number of rotatable bonds is 6. The van der Waals surface area contributed by atoms with Crippen LogP contribution in [0.25, 0.3) is 0 Å². The van der Waals surface area contributed by atoms with E-state index in [1.807, 2.05) is 19.1 Å². The Labute approximate surface area is 106 Å². The van der Waals surface area contributed by atoms with E-state index in [2.05, 4.69) is 20.5 Å². The second-order valence-corrected chi connectivity index (χ2v) is 4.34. The summed E-state index contributed by atoms with van der Waals surface area (Å²) < 4.78 is 0. The van der Waals surface area contributed by atoms with E-state index in [4.69, 9.17) is 0 Å². The number of aryl methyl sites for hydroxylation is 2. The minimum Gasteiger partial charge on any atom is -0.508 e. The van der Waals surface area contributed by atoms with Gasteiger partial charge in [0, 0.05) is 18.5 Å². The van der Waals surface area contributed by atoms with Crippen molar-refractivity contribution in [1.82, 2.24) is 20.5 Å². The van der Waals surface area contributed by atoms with Crippen molar-refractivity contribution in [2.45, 2.75) is 26.3 Å². The van der Waals surface area contributed by atoms with Crippen molar-refractivity contribution in [3.05, 3.63) is 41.5 Å². The average molecular weight is 246 g/mol. The van der Waals surface area contributed by atoms with E-state index in [1.165, 1.54) is 6.33 Å². The van der Waals surface area contributed by atoms with Crippen LogP contribution in [0.1, 0.15) is 23.4 Å². The molecule has 0 saturated heterocycles. The lowest BCUT2D eigenvalue weighted by atomic mass is 10.1. The fourth-order valence-electron chi connectivity index (χ4n) is 1.81. The number of nitrogens with zero attached hydrogens (tertiary/aromatic N) is 2. The van der Waals surface area contributed by atoms with Crippen LogP contribution in [0.15, 0.2) is 24.5 Å². The Hall–Kier alpha value is -1.88. The van der Waals surface area contributed by atoms with Crippen LogP contribution in [0.3, 0.4) is 0 Å². The first-order chi connectivity index (χ1) is 8.75. The largest absolute Gasteiger partial charge is 0.508 e. The molecule has 1 heterocycles. The fourth-order valence-corrected chi connectivity index (χ4v) is 1.81. The third-order valence-electron chi connectivity index (χ3n) is 2.78. The van der Waals surface area contributed by atoms with Crippen LogP contribution in [0.5, 0.6) is 5.75 Å². The SMILES string of the molecule is Cc1ccc(O)c(CNCCCc2ncn[nH]2)c1. The number of aromatic nitrogens is 3. The van der Waals surface area contributed by atoms with Crippen LogP contribution in [0, 0.1) is 6.92 Å². The number of phenols is 1. The summed E-state index contributed by atoms with van der Waals surface area (Å²) in [7, 11) is 0. The highest BCUT2D eigenvalue weighted by Gasteiger charge is 2.01. The van der Waals surface area contributed by atoms with Crippen molar-refractivity contribution < 1.29 is 5.11 Å². The lowest BCUT2D eigenvalue weighted by Gasteiger charge is -2.07. The van der Waals surface area contributed by atoms with Gasteiger partial charge >= 0.3 is 0 Å². The van der Waals surface area contributed by atoms with Crippen molar-refractivity contribution in [2.24, 2.45) is 0 Å². The first-order valence-electron chi connectivity index (χ1n) is 6.09. The van der Waals surface area contributed by atoms with Crippen LogP contribution in [-0.4, -0.2) is 26.8 Å². The normalized spacial score (nSPS) is 10.7. The van der Waals surface area contributed by atoms with Gasteiger partial charge in [-0.25, -0.2) is 4.98 Å². The second-order valence-electron chi connectivity index (χ2n) is 4.34. The number of nitrogens with one attached hydrogen (secondary N) is 2. The highest BCUT2D eigenvalue weighted by molar-refractivity contribution is 5.35. The molecule has 0 atom stereocenters. The smallest absolute Gasteiger partial charge is 0.137 e. The quantitative estimate of drug-likeness (QED) is 0.676. The number of aromatic hydroxyl groups is 1. The Kier molecular flexibility index (Phi) is 4.30. The highest BCUT2D eigenvalue weighted by atomic mass is 16.3. The molecule has 0 aliphatic rings. The Bertz CT molecular complexity index is 482. The molecule has 1 aromatic carbocycles. The van der Waals surface area contributed by atoms with Crippen LogP contribution < -0.4 is 5.32 Å². The molecule has 0 aliphatic heterocycles. The van der Waals surface area contributed by atoms with E-state index in [0.29, 0.717) is 12.3 Å². The molecule has 0 spiro atoms. The Morgan fingerprint density at radius 3 is 3.06 bits per heavy atom. The predicted octanol–water partition coefficient (Wildman–Crippen LogP) is 1.54. The number of aromatic amines is 1. The molecule has 1 aromatic heterocycles. The van der Waals surface area contributed by atoms with E-state index in [-0.39, 0.29) is 0 Å². The minimum absolute atomic E-state index is 0.350. The zero-order chi connectivity index (χ0) is 12.8. The van der Waals surface area contributed by atoms with Crippen molar-refractivity contribution in [3.63, 3.8) is 0 Å². The number of benzene rings is 1. The fraction of sp³-hybridized carbons (Fsp3) is 0.385. The van der Waals surface area contributed by atoms with E-state index in [9.17, 15) is 5.11 Å². The zero-order valence-electron chi connectivity index (χ0n) is 10.5. The van der Waals surface area contributed by atoms with Crippen LogP contribution >= 0.6 is 0 Å². The van der Waals surface area contributed by atoms with E-state index in [0.717, 1.165) is 36.3 Å². The molecule has 18 heavy (non-hydrogen) atoms. The molecule has 5 nitrogen and oxygen atoms in total. The lowest BCUT2D eigenvalue weighted by molar-refractivity contribution is 0.464. The summed E-state index contributed by atoms with van der Waals surface area (Å²) in [5.41, 5.74) is 2.10. The summed E-state index contributed by atoms with van der Waals surface area (Å²) in [6.07, 6.45) is 3.39. The summed E-state index contributed by atoms with van der Waals surface area (Å²) in [5.74, 6) is 1.26. The van der Waals surface area contributed by atoms with Gasteiger partial charge in [-0.15, -0.1) is 0 Å². The minimum atomic E-state index is 0.350. The molecule has 0 unspecified atom stereocenters. The summed E-state index contributed by atoms with van der Waals surface area (Å²) in [4.78, 5) is 4.06. The average Bonchev–Trinajstić information content (AvgIpc) is 2.86. The third kappa shape index (κ3) is 3.56. The molecule has 2 rings (SSSR count). The van der Waals surface area contributed by atoms with E-state index >= 15 is 0 Å². The number of hydrogen-bond acceptors (Lipinski definition) is 4. The Balaban J connectivity index is 1.70. The molecule has 3 N–H and O–H groups in total. The van der Waals surface area contributed by atoms with Gasteiger partial charge in [-0.2, -0.15) is 5.10 Å². The molecule has 0 aliphatic carbocycles. The summed E-state index contributed by atoms with van der Waals surface area (Å²) in [6.45, 7) is 3.59. The summed E-state index contributed by atoms with van der Waals surface area (Å²) >= 11 is 0. The molecule has 0 amide bonds. The van der Waals surface area contributed by atoms with Crippen molar-refractivity contribution in [3.8, 4) is 5.75 Å². The number of hydrogen-bond donors (Lipinski definition) is 3. The van der Waals surface area contributed by atoms with Gasteiger partial charge in [0.05, 0.1) is 0 Å². The molecule has 0 radical (unpaired) electrons. The van der Waals surface area contributed by atoms with Gasteiger partial charge in [-0.3, -0.25) is 5.10 Å². The molecule has 96 valence electrons. The van der Waals surface area contributed by atoms with Crippen LogP contribution in [0.2, 0.25) is 0 Å². The highest BCUT2D eigenvalue weighted by Crippen LogP contribution is 2.17. The third-order valence-corrected chi connectivity index (χ3v) is 2.78. The molecular formula is C13H18N4O. The molecular weight excluding hydrogens is 228 g/mol. The van der Waals surface area contributed by atoms with Gasteiger partial charge in [0.1, 0.15) is 17.9 Å². The first-order valence-corrected chi connectivity index (χ1v) is 6.09. The lowest BCUT2D eigenvalue weighted by Crippen LogP contribution is -2.15. The van der Waals surface area contributed by atoms with Crippen molar-refractivity contribution >= 4 is 0 Å². The molecule has 0 saturated carbocycles. The maximum absolute atomic E-state index is 9.68. The Morgan fingerprint density at radius 1 is 1.39 bits per heavy atom. The number of phenolic OH excluding ortho intramolecular Hbond substituents is 1. The van der Waals surface area contributed by atoms with E-state index in [1.54, 1.807) is 6.07 Å². The molecule has 0 fully saturated rings. The maximum Gasteiger partial charge on any atom is 0.137 e. The molecule has 0 bridgehead atoms. The van der Waals surface area contributed by atoms with E-state index < -0.39 is 0 Å². The molecule has 5 heteroatoms.